The fourth-order valence-corrected chi connectivity index (χ4v) is 4.34. The number of benzene rings is 2. The molecule has 0 aliphatic heterocycles. The molecule has 0 aliphatic rings. The Hall–Kier alpha value is -2.64. The fraction of sp³-hybridized carbons (Fsp3) is 0.200. The molecule has 0 aliphatic carbocycles. The summed E-state index contributed by atoms with van der Waals surface area (Å²) < 4.78 is 31.9. The van der Waals surface area contributed by atoms with Crippen molar-refractivity contribution in [2.24, 2.45) is 0 Å². The number of sulfonamides is 1. The molecule has 0 heterocycles. The molecule has 0 bridgehead atoms. The Kier molecular flexibility index (Phi) is 6.64. The van der Waals surface area contributed by atoms with E-state index in [-0.39, 0.29) is 21.1 Å². The number of carbonyl (C=O) groups is 2. The molecule has 8 heteroatoms. The minimum absolute atomic E-state index is 0.116. The lowest BCUT2D eigenvalue weighted by molar-refractivity contribution is -0.114. The lowest BCUT2D eigenvalue weighted by atomic mass is 9.97. The Morgan fingerprint density at radius 3 is 2.18 bits per heavy atom. The monoisotopic (exact) mass is 421 g/mol. The van der Waals surface area contributed by atoms with Gasteiger partial charge in [0.05, 0.1) is 12.0 Å². The van der Waals surface area contributed by atoms with Gasteiger partial charge in [-0.15, -0.1) is 0 Å². The molecule has 2 rings (SSSR count). The summed E-state index contributed by atoms with van der Waals surface area (Å²) in [5.41, 5.74) is 0.971. The maximum absolute atomic E-state index is 13.3. The lowest BCUT2D eigenvalue weighted by Gasteiger charge is -2.31. The van der Waals surface area contributed by atoms with E-state index in [4.69, 9.17) is 16.3 Å². The Morgan fingerprint density at radius 2 is 1.68 bits per heavy atom. The van der Waals surface area contributed by atoms with E-state index in [2.05, 4.69) is 6.58 Å². The third kappa shape index (κ3) is 4.26. The molecule has 2 aromatic carbocycles. The first-order valence-corrected chi connectivity index (χ1v) is 10.1. The van der Waals surface area contributed by atoms with Gasteiger partial charge in [-0.2, -0.15) is 4.31 Å². The van der Waals surface area contributed by atoms with Crippen molar-refractivity contribution in [2.45, 2.75) is 24.8 Å². The maximum atomic E-state index is 13.3. The average Bonchev–Trinajstić information content (AvgIpc) is 2.65. The van der Waals surface area contributed by atoms with E-state index < -0.39 is 27.9 Å². The molecular weight excluding hydrogens is 402 g/mol. The van der Waals surface area contributed by atoms with Crippen LogP contribution in [0.3, 0.4) is 0 Å². The van der Waals surface area contributed by atoms with Crippen molar-refractivity contribution >= 4 is 33.5 Å². The van der Waals surface area contributed by atoms with Gasteiger partial charge < -0.3 is 4.74 Å². The third-order valence-electron chi connectivity index (χ3n) is 4.15. The van der Waals surface area contributed by atoms with E-state index in [9.17, 15) is 18.0 Å². The highest BCUT2D eigenvalue weighted by atomic mass is 35.5. The Morgan fingerprint density at radius 1 is 1.11 bits per heavy atom. The minimum Gasteiger partial charge on any atom is -0.452 e. The summed E-state index contributed by atoms with van der Waals surface area (Å²) in [7, 11) is -3.33. The summed E-state index contributed by atoms with van der Waals surface area (Å²) in [6.07, 6.45) is -1.16. The van der Waals surface area contributed by atoms with Crippen LogP contribution in [-0.4, -0.2) is 31.7 Å². The van der Waals surface area contributed by atoms with Crippen molar-refractivity contribution in [3.63, 3.8) is 0 Å². The SMILES string of the molecule is C=C(C(C)=O)[C@H](c1ccccc1Cl)N(C(=O)OC)S(=O)(=O)c1ccc(C)cc1. The average molecular weight is 422 g/mol. The number of halogens is 1. The van der Waals surface area contributed by atoms with Gasteiger partial charge in [-0.1, -0.05) is 54.1 Å². The van der Waals surface area contributed by atoms with Crippen molar-refractivity contribution in [3.8, 4) is 0 Å². The normalized spacial score (nSPS) is 12.1. The summed E-state index contributed by atoms with van der Waals surface area (Å²) in [5.74, 6) is -0.488. The molecule has 0 unspecified atom stereocenters. The molecule has 2 aromatic rings. The van der Waals surface area contributed by atoms with Crippen LogP contribution in [0.1, 0.15) is 24.1 Å². The smallest absolute Gasteiger partial charge is 0.424 e. The number of aryl methyl sites for hydroxylation is 1. The van der Waals surface area contributed by atoms with E-state index in [0.29, 0.717) is 4.31 Å². The zero-order valence-corrected chi connectivity index (χ0v) is 17.3. The Bertz CT molecular complexity index is 1020. The number of ketones is 1. The van der Waals surface area contributed by atoms with E-state index in [1.165, 1.54) is 31.2 Å². The van der Waals surface area contributed by atoms with Crippen LogP contribution < -0.4 is 0 Å². The van der Waals surface area contributed by atoms with Gasteiger partial charge in [-0.25, -0.2) is 13.2 Å². The Balaban J connectivity index is 2.77. The highest BCUT2D eigenvalue weighted by Crippen LogP contribution is 2.37. The quantitative estimate of drug-likeness (QED) is 0.650. The lowest BCUT2D eigenvalue weighted by Crippen LogP contribution is -2.41. The molecule has 148 valence electrons. The van der Waals surface area contributed by atoms with E-state index in [0.717, 1.165) is 12.7 Å². The summed E-state index contributed by atoms with van der Waals surface area (Å²) in [5, 5.41) is 0.183. The number of rotatable bonds is 6. The molecule has 0 fully saturated rings. The van der Waals surface area contributed by atoms with E-state index >= 15 is 0 Å². The highest BCUT2D eigenvalue weighted by molar-refractivity contribution is 7.89. The third-order valence-corrected chi connectivity index (χ3v) is 6.24. The molecule has 0 saturated carbocycles. The van der Waals surface area contributed by atoms with E-state index in [1.54, 1.807) is 31.2 Å². The second-order valence-electron chi connectivity index (χ2n) is 6.09. The predicted octanol–water partition coefficient (Wildman–Crippen LogP) is 4.29. The van der Waals surface area contributed by atoms with Crippen LogP contribution in [-0.2, 0) is 19.6 Å². The zero-order chi connectivity index (χ0) is 21.1. The number of Topliss-reactive ketones (excluding diaryl/α,β-unsaturated/α-hetero) is 1. The fourth-order valence-electron chi connectivity index (χ4n) is 2.60. The van der Waals surface area contributed by atoms with Crippen LogP contribution in [0.15, 0.2) is 65.6 Å². The molecule has 0 N–H and O–H groups in total. The topological polar surface area (TPSA) is 80.8 Å². The van der Waals surface area contributed by atoms with Crippen LogP contribution in [0.5, 0.6) is 0 Å². The molecule has 1 amide bonds. The first-order chi connectivity index (χ1) is 13.1. The molecule has 0 radical (unpaired) electrons. The minimum atomic E-state index is -4.38. The van der Waals surface area contributed by atoms with Crippen LogP contribution in [0.4, 0.5) is 4.79 Å². The van der Waals surface area contributed by atoms with Gasteiger partial charge in [0.1, 0.15) is 6.04 Å². The summed E-state index contributed by atoms with van der Waals surface area (Å²) in [6, 6.07) is 10.9. The van der Waals surface area contributed by atoms with Crippen molar-refractivity contribution < 1.29 is 22.7 Å². The largest absolute Gasteiger partial charge is 0.452 e. The number of amides is 1. The van der Waals surface area contributed by atoms with Crippen LogP contribution >= 0.6 is 11.6 Å². The van der Waals surface area contributed by atoms with Crippen molar-refractivity contribution in [2.75, 3.05) is 7.11 Å². The number of carbonyl (C=O) groups excluding carboxylic acids is 2. The summed E-state index contributed by atoms with van der Waals surface area (Å²) in [6.45, 7) is 6.75. The molecule has 0 saturated heterocycles. The van der Waals surface area contributed by atoms with E-state index in [1.807, 2.05) is 0 Å². The van der Waals surface area contributed by atoms with Crippen LogP contribution in [0.25, 0.3) is 0 Å². The predicted molar refractivity (Wildman–Crippen MR) is 107 cm³/mol. The molecule has 28 heavy (non-hydrogen) atoms. The van der Waals surface area contributed by atoms with Crippen LogP contribution in [0, 0.1) is 6.92 Å². The van der Waals surface area contributed by atoms with Crippen molar-refractivity contribution in [1.82, 2.24) is 4.31 Å². The second kappa shape index (κ2) is 8.58. The maximum Gasteiger partial charge on any atom is 0.424 e. The number of hydrogen-bond acceptors (Lipinski definition) is 5. The summed E-state index contributed by atoms with van der Waals surface area (Å²) >= 11 is 6.25. The van der Waals surface area contributed by atoms with Gasteiger partial charge in [-0.3, -0.25) is 4.79 Å². The van der Waals surface area contributed by atoms with Gasteiger partial charge in [0.2, 0.25) is 0 Å². The van der Waals surface area contributed by atoms with Gasteiger partial charge >= 0.3 is 6.09 Å². The summed E-state index contributed by atoms with van der Waals surface area (Å²) in [4.78, 5) is 24.5. The number of methoxy groups -OCH3 is 1. The molecule has 1 atom stereocenters. The van der Waals surface area contributed by atoms with Crippen molar-refractivity contribution in [3.05, 3.63) is 76.8 Å². The van der Waals surface area contributed by atoms with Gasteiger partial charge in [-0.05, 0) is 37.6 Å². The molecule has 0 aromatic heterocycles. The number of ether oxygens (including phenoxy) is 1. The van der Waals surface area contributed by atoms with Gasteiger partial charge in [0.25, 0.3) is 10.0 Å². The molecule has 0 spiro atoms. The number of nitrogens with zero attached hydrogens (tertiary/aromatic N) is 1. The van der Waals surface area contributed by atoms with Crippen LogP contribution in [0.2, 0.25) is 5.02 Å². The highest BCUT2D eigenvalue weighted by Gasteiger charge is 2.40. The molecular formula is C20H20ClNO5S. The first-order valence-electron chi connectivity index (χ1n) is 8.24. The standard InChI is InChI=1S/C20H20ClNO5S/c1-13-9-11-16(12-10-13)28(25,26)22(20(24)27-4)19(14(2)15(3)23)17-7-5-6-8-18(17)21/h5-12,19H,2H2,1,3-4H3/t19-/m1/s1. The molecule has 6 nitrogen and oxygen atoms in total. The van der Waals surface area contributed by atoms with Gasteiger partial charge in [0, 0.05) is 10.6 Å². The zero-order valence-electron chi connectivity index (χ0n) is 15.7. The Labute approximate surface area is 169 Å². The second-order valence-corrected chi connectivity index (χ2v) is 8.31. The van der Waals surface area contributed by atoms with Gasteiger partial charge in [0.15, 0.2) is 5.78 Å². The first kappa shape index (κ1) is 21.7. The number of hydrogen-bond donors (Lipinski definition) is 0. The van der Waals surface area contributed by atoms with Crippen molar-refractivity contribution in [1.29, 1.82) is 0 Å².